The first-order valence-corrected chi connectivity index (χ1v) is 11.3. The molecule has 0 spiro atoms. The zero-order chi connectivity index (χ0) is 21.6. The van der Waals surface area contributed by atoms with Crippen LogP contribution in [0.15, 0.2) is 72.1 Å². The fourth-order valence-electron chi connectivity index (χ4n) is 3.99. The van der Waals surface area contributed by atoms with E-state index in [4.69, 9.17) is 4.74 Å². The molecular formula is C25H26N2O3S. The van der Waals surface area contributed by atoms with Crippen LogP contribution in [0.1, 0.15) is 22.4 Å². The van der Waals surface area contributed by atoms with Gasteiger partial charge in [0.15, 0.2) is 0 Å². The van der Waals surface area contributed by atoms with Gasteiger partial charge >= 0.3 is 0 Å². The van der Waals surface area contributed by atoms with E-state index in [-0.39, 0.29) is 24.2 Å². The molecule has 160 valence electrons. The maximum Gasteiger partial charge on any atom is 0.228 e. The summed E-state index contributed by atoms with van der Waals surface area (Å²) >= 11 is 1.63. The van der Waals surface area contributed by atoms with Crippen molar-refractivity contribution in [2.45, 2.75) is 26.1 Å². The summed E-state index contributed by atoms with van der Waals surface area (Å²) in [6, 6.07) is 21.7. The van der Waals surface area contributed by atoms with Crippen molar-refractivity contribution in [2.24, 2.45) is 5.92 Å². The highest BCUT2D eigenvalue weighted by Crippen LogP contribution is 2.27. The Balaban J connectivity index is 1.50. The molecular weight excluding hydrogens is 408 g/mol. The maximum absolute atomic E-state index is 13.5. The summed E-state index contributed by atoms with van der Waals surface area (Å²) in [7, 11) is 1.64. The third-order valence-corrected chi connectivity index (χ3v) is 6.43. The first kappa shape index (κ1) is 21.1. The van der Waals surface area contributed by atoms with Crippen LogP contribution in [0.25, 0.3) is 0 Å². The van der Waals surface area contributed by atoms with Gasteiger partial charge in [-0.2, -0.15) is 0 Å². The second-order valence-corrected chi connectivity index (χ2v) is 8.78. The van der Waals surface area contributed by atoms with Gasteiger partial charge in [-0.25, -0.2) is 0 Å². The van der Waals surface area contributed by atoms with Crippen LogP contribution in [0, 0.1) is 5.92 Å². The third-order valence-electron chi connectivity index (χ3n) is 5.57. The van der Waals surface area contributed by atoms with Crippen LogP contribution in [-0.2, 0) is 29.2 Å². The summed E-state index contributed by atoms with van der Waals surface area (Å²) in [5.41, 5.74) is 2.04. The number of carbonyl (C=O) groups excluding carboxylic acids is 2. The van der Waals surface area contributed by atoms with E-state index in [2.05, 4.69) is 0 Å². The number of amides is 2. The Bertz CT molecular complexity index is 1020. The molecule has 0 unspecified atom stereocenters. The lowest BCUT2D eigenvalue weighted by atomic mass is 10.1. The molecule has 0 saturated carbocycles. The Kier molecular flexibility index (Phi) is 6.67. The normalized spacial score (nSPS) is 15.8. The standard InChI is InChI=1S/C25H26N2O3S/c1-30-23-12-6-5-10-20(23)16-27(18-22-11-7-13-31-22)25(29)21-14-24(28)26(17-21)15-19-8-3-2-4-9-19/h2-13,21H,14-18H2,1H3/t21-/m0/s1. The fourth-order valence-corrected chi connectivity index (χ4v) is 4.71. The number of hydrogen-bond donors (Lipinski definition) is 0. The van der Waals surface area contributed by atoms with Gasteiger partial charge in [-0.1, -0.05) is 54.6 Å². The number of benzene rings is 2. The molecule has 4 rings (SSSR count). The first-order valence-electron chi connectivity index (χ1n) is 10.4. The van der Waals surface area contributed by atoms with E-state index in [1.54, 1.807) is 23.3 Å². The van der Waals surface area contributed by atoms with Gasteiger partial charge in [-0.05, 0) is 23.1 Å². The monoisotopic (exact) mass is 434 g/mol. The molecule has 1 aromatic heterocycles. The number of rotatable bonds is 8. The van der Waals surface area contributed by atoms with Gasteiger partial charge in [0.25, 0.3) is 0 Å². The van der Waals surface area contributed by atoms with Crippen molar-refractivity contribution in [3.63, 3.8) is 0 Å². The van der Waals surface area contributed by atoms with Crippen LogP contribution < -0.4 is 4.74 Å². The Morgan fingerprint density at radius 1 is 1.06 bits per heavy atom. The van der Waals surface area contributed by atoms with Crippen LogP contribution in [0.4, 0.5) is 0 Å². The molecule has 2 heterocycles. The molecule has 1 aliphatic heterocycles. The lowest BCUT2D eigenvalue weighted by molar-refractivity contribution is -0.137. The zero-order valence-corrected chi connectivity index (χ0v) is 18.4. The quantitative estimate of drug-likeness (QED) is 0.530. The predicted molar refractivity (Wildman–Crippen MR) is 122 cm³/mol. The Labute approximate surface area is 186 Å². The molecule has 2 aromatic carbocycles. The summed E-state index contributed by atoms with van der Waals surface area (Å²) in [4.78, 5) is 30.9. The second-order valence-electron chi connectivity index (χ2n) is 7.75. The number of hydrogen-bond acceptors (Lipinski definition) is 4. The molecule has 3 aromatic rings. The van der Waals surface area contributed by atoms with Gasteiger partial charge in [0, 0.05) is 36.5 Å². The third kappa shape index (κ3) is 5.14. The summed E-state index contributed by atoms with van der Waals surface area (Å²) in [5, 5.41) is 2.02. The average molecular weight is 435 g/mol. The molecule has 31 heavy (non-hydrogen) atoms. The van der Waals surface area contributed by atoms with E-state index < -0.39 is 0 Å². The molecule has 0 bridgehead atoms. The lowest BCUT2D eigenvalue weighted by Crippen LogP contribution is -2.36. The second kappa shape index (κ2) is 9.79. The Morgan fingerprint density at radius 3 is 2.58 bits per heavy atom. The van der Waals surface area contributed by atoms with Gasteiger partial charge in [-0.15, -0.1) is 11.3 Å². The van der Waals surface area contributed by atoms with Crippen molar-refractivity contribution in [1.82, 2.24) is 9.80 Å². The van der Waals surface area contributed by atoms with Crippen LogP contribution in [-0.4, -0.2) is 35.3 Å². The van der Waals surface area contributed by atoms with Crippen molar-refractivity contribution in [2.75, 3.05) is 13.7 Å². The van der Waals surface area contributed by atoms with Crippen LogP contribution in [0.2, 0.25) is 0 Å². The van der Waals surface area contributed by atoms with E-state index in [1.807, 2.05) is 77.0 Å². The van der Waals surface area contributed by atoms with Gasteiger partial charge in [0.05, 0.1) is 19.6 Å². The van der Waals surface area contributed by atoms with Crippen LogP contribution in [0.5, 0.6) is 5.75 Å². The highest BCUT2D eigenvalue weighted by molar-refractivity contribution is 7.09. The van der Waals surface area contributed by atoms with Crippen LogP contribution >= 0.6 is 11.3 Å². The zero-order valence-electron chi connectivity index (χ0n) is 17.6. The largest absolute Gasteiger partial charge is 0.496 e. The van der Waals surface area contributed by atoms with Crippen molar-refractivity contribution in [3.05, 3.63) is 88.1 Å². The van der Waals surface area contributed by atoms with Crippen molar-refractivity contribution in [3.8, 4) is 5.75 Å². The SMILES string of the molecule is COc1ccccc1CN(Cc1cccs1)C(=O)[C@H]1CC(=O)N(Cc2ccccc2)C1. The summed E-state index contributed by atoms with van der Waals surface area (Å²) in [6.07, 6.45) is 0.262. The number of nitrogens with zero attached hydrogens (tertiary/aromatic N) is 2. The predicted octanol–water partition coefficient (Wildman–Crippen LogP) is 4.33. The number of likely N-dealkylation sites (tertiary alicyclic amines) is 1. The molecule has 0 aliphatic carbocycles. The molecule has 2 amide bonds. The molecule has 1 atom stereocenters. The molecule has 1 fully saturated rings. The Morgan fingerprint density at radius 2 is 1.84 bits per heavy atom. The lowest BCUT2D eigenvalue weighted by Gasteiger charge is -2.26. The molecule has 5 nitrogen and oxygen atoms in total. The van der Waals surface area contributed by atoms with Crippen molar-refractivity contribution >= 4 is 23.2 Å². The fraction of sp³-hybridized carbons (Fsp3) is 0.280. The number of ether oxygens (including phenoxy) is 1. The topological polar surface area (TPSA) is 49.9 Å². The number of carbonyl (C=O) groups is 2. The number of para-hydroxylation sites is 1. The van der Waals surface area contributed by atoms with E-state index in [9.17, 15) is 9.59 Å². The molecule has 0 radical (unpaired) electrons. The van der Waals surface area contributed by atoms with Gasteiger partial charge in [0.2, 0.25) is 11.8 Å². The molecule has 0 N–H and O–H groups in total. The minimum atomic E-state index is -0.328. The minimum absolute atomic E-state index is 0.0169. The highest BCUT2D eigenvalue weighted by atomic mass is 32.1. The average Bonchev–Trinajstić information content (AvgIpc) is 3.44. The number of methoxy groups -OCH3 is 1. The van der Waals surface area contributed by atoms with E-state index in [0.717, 1.165) is 21.8 Å². The van der Waals surface area contributed by atoms with Gasteiger partial charge < -0.3 is 14.5 Å². The van der Waals surface area contributed by atoms with E-state index >= 15 is 0 Å². The van der Waals surface area contributed by atoms with Crippen molar-refractivity contribution < 1.29 is 14.3 Å². The summed E-state index contributed by atoms with van der Waals surface area (Å²) in [5.74, 6) is 0.490. The van der Waals surface area contributed by atoms with Crippen LogP contribution in [0.3, 0.4) is 0 Å². The summed E-state index contributed by atoms with van der Waals surface area (Å²) < 4.78 is 5.49. The molecule has 1 aliphatic rings. The van der Waals surface area contributed by atoms with E-state index in [0.29, 0.717) is 26.2 Å². The minimum Gasteiger partial charge on any atom is -0.496 e. The molecule has 6 heteroatoms. The Hall–Kier alpha value is -3.12. The number of thiophene rings is 1. The van der Waals surface area contributed by atoms with Gasteiger partial charge in [0.1, 0.15) is 5.75 Å². The smallest absolute Gasteiger partial charge is 0.228 e. The van der Waals surface area contributed by atoms with Gasteiger partial charge in [-0.3, -0.25) is 9.59 Å². The first-order chi connectivity index (χ1) is 15.1. The van der Waals surface area contributed by atoms with E-state index in [1.165, 1.54) is 0 Å². The molecule has 1 saturated heterocycles. The maximum atomic E-state index is 13.5. The summed E-state index contributed by atoms with van der Waals surface area (Å²) in [6.45, 7) is 1.97. The highest BCUT2D eigenvalue weighted by Gasteiger charge is 2.36. The van der Waals surface area contributed by atoms with Crippen molar-refractivity contribution in [1.29, 1.82) is 0 Å².